The van der Waals surface area contributed by atoms with Gasteiger partial charge in [0.25, 0.3) is 0 Å². The number of rotatable bonds is 6. The Morgan fingerprint density at radius 1 is 1.54 bits per heavy atom. The second-order valence-electron chi connectivity index (χ2n) is 3.66. The van der Waals surface area contributed by atoms with Crippen LogP contribution in [0.4, 0.5) is 0 Å². The molecule has 0 amide bonds. The minimum absolute atomic E-state index is 0.826. The smallest absolute Gasteiger partial charge is 0.0224 e. The molecule has 0 spiro atoms. The topological polar surface area (TPSA) is 3.24 Å². The standard InChI is InChI=1S/C10H20ClNS/c1-13-9-8-12-7-3-5-10(12)4-2-6-11/h10H,2-9H2,1H3. The molecule has 0 aromatic rings. The molecule has 13 heavy (non-hydrogen) atoms. The number of thioether (sulfide) groups is 1. The molecule has 0 aromatic heterocycles. The highest BCUT2D eigenvalue weighted by molar-refractivity contribution is 7.98. The fraction of sp³-hybridized carbons (Fsp3) is 1.00. The molecule has 3 heteroatoms. The minimum Gasteiger partial charge on any atom is -0.300 e. The molecule has 0 aliphatic carbocycles. The van der Waals surface area contributed by atoms with Crippen LogP contribution >= 0.6 is 23.4 Å². The van der Waals surface area contributed by atoms with E-state index in [1.54, 1.807) is 0 Å². The summed E-state index contributed by atoms with van der Waals surface area (Å²) in [5, 5.41) is 0. The van der Waals surface area contributed by atoms with Gasteiger partial charge in [0, 0.05) is 24.2 Å². The quantitative estimate of drug-likeness (QED) is 0.635. The van der Waals surface area contributed by atoms with E-state index in [0.717, 1.165) is 11.9 Å². The monoisotopic (exact) mass is 221 g/mol. The molecule has 1 aliphatic heterocycles. The minimum atomic E-state index is 0.826. The van der Waals surface area contributed by atoms with Crippen LogP contribution in [0.1, 0.15) is 25.7 Å². The number of halogens is 1. The molecule has 0 saturated carbocycles. The van der Waals surface area contributed by atoms with E-state index >= 15 is 0 Å². The van der Waals surface area contributed by atoms with Crippen LogP contribution in [-0.2, 0) is 0 Å². The molecular formula is C10H20ClNS. The van der Waals surface area contributed by atoms with Gasteiger partial charge in [-0.1, -0.05) is 0 Å². The molecule has 1 saturated heterocycles. The van der Waals surface area contributed by atoms with Crippen molar-refractivity contribution in [1.29, 1.82) is 0 Å². The van der Waals surface area contributed by atoms with Crippen molar-refractivity contribution in [2.45, 2.75) is 31.7 Å². The fourth-order valence-corrected chi connectivity index (χ4v) is 2.61. The SMILES string of the molecule is CSCCN1CCCC1CCCCl. The highest BCUT2D eigenvalue weighted by Gasteiger charge is 2.22. The number of hydrogen-bond acceptors (Lipinski definition) is 2. The van der Waals surface area contributed by atoms with Crippen molar-refractivity contribution in [2.75, 3.05) is 31.0 Å². The van der Waals surface area contributed by atoms with Gasteiger partial charge in [0.1, 0.15) is 0 Å². The van der Waals surface area contributed by atoms with E-state index < -0.39 is 0 Å². The third-order valence-corrected chi connectivity index (χ3v) is 3.61. The lowest BCUT2D eigenvalue weighted by atomic mass is 10.1. The fourth-order valence-electron chi connectivity index (χ4n) is 2.04. The van der Waals surface area contributed by atoms with E-state index in [4.69, 9.17) is 11.6 Å². The molecule has 78 valence electrons. The summed E-state index contributed by atoms with van der Waals surface area (Å²) in [6.07, 6.45) is 7.45. The van der Waals surface area contributed by atoms with Crippen molar-refractivity contribution in [3.8, 4) is 0 Å². The van der Waals surface area contributed by atoms with Crippen LogP contribution in [0, 0.1) is 0 Å². The van der Waals surface area contributed by atoms with Crippen LogP contribution in [-0.4, -0.2) is 41.9 Å². The highest BCUT2D eigenvalue weighted by Crippen LogP contribution is 2.21. The van der Waals surface area contributed by atoms with Gasteiger partial charge in [0.15, 0.2) is 0 Å². The van der Waals surface area contributed by atoms with Crippen molar-refractivity contribution in [3.63, 3.8) is 0 Å². The summed E-state index contributed by atoms with van der Waals surface area (Å²) < 4.78 is 0. The van der Waals surface area contributed by atoms with Gasteiger partial charge < -0.3 is 0 Å². The Hall–Kier alpha value is 0.600. The Morgan fingerprint density at radius 2 is 2.38 bits per heavy atom. The maximum Gasteiger partial charge on any atom is 0.0224 e. The van der Waals surface area contributed by atoms with E-state index in [1.165, 1.54) is 44.5 Å². The lowest BCUT2D eigenvalue weighted by molar-refractivity contribution is 0.257. The number of alkyl halides is 1. The zero-order chi connectivity index (χ0) is 9.52. The summed E-state index contributed by atoms with van der Waals surface area (Å²) in [4.78, 5) is 2.64. The predicted molar refractivity (Wildman–Crippen MR) is 62.9 cm³/mol. The normalized spacial score (nSPS) is 24.0. The van der Waals surface area contributed by atoms with Crippen molar-refractivity contribution in [2.24, 2.45) is 0 Å². The summed E-state index contributed by atoms with van der Waals surface area (Å²) in [5.41, 5.74) is 0. The molecule has 0 N–H and O–H groups in total. The van der Waals surface area contributed by atoms with Crippen LogP contribution in [0.5, 0.6) is 0 Å². The maximum absolute atomic E-state index is 5.71. The first-order chi connectivity index (χ1) is 6.38. The van der Waals surface area contributed by atoms with Crippen molar-refractivity contribution in [3.05, 3.63) is 0 Å². The zero-order valence-corrected chi connectivity index (χ0v) is 10.0. The van der Waals surface area contributed by atoms with Crippen molar-refractivity contribution < 1.29 is 0 Å². The van der Waals surface area contributed by atoms with Gasteiger partial charge in [-0.2, -0.15) is 11.8 Å². The van der Waals surface area contributed by atoms with Crippen LogP contribution in [0.2, 0.25) is 0 Å². The number of likely N-dealkylation sites (tertiary alicyclic amines) is 1. The van der Waals surface area contributed by atoms with Gasteiger partial charge in [-0.15, -0.1) is 11.6 Å². The van der Waals surface area contributed by atoms with Crippen LogP contribution in [0.15, 0.2) is 0 Å². The predicted octanol–water partition coefficient (Wildman–Crippen LogP) is 2.83. The van der Waals surface area contributed by atoms with Gasteiger partial charge in [-0.3, -0.25) is 4.90 Å². The molecule has 1 rings (SSSR count). The molecule has 1 heterocycles. The van der Waals surface area contributed by atoms with Gasteiger partial charge in [-0.05, 0) is 38.5 Å². The molecule has 1 unspecified atom stereocenters. The Bertz CT molecular complexity index is 118. The molecule has 1 nitrogen and oxygen atoms in total. The molecule has 1 aliphatic rings. The number of hydrogen-bond donors (Lipinski definition) is 0. The maximum atomic E-state index is 5.71. The Morgan fingerprint density at radius 3 is 3.08 bits per heavy atom. The largest absolute Gasteiger partial charge is 0.300 e. The number of nitrogens with zero attached hydrogens (tertiary/aromatic N) is 1. The van der Waals surface area contributed by atoms with Crippen LogP contribution in [0.3, 0.4) is 0 Å². The molecule has 0 aromatic carbocycles. The van der Waals surface area contributed by atoms with E-state index in [-0.39, 0.29) is 0 Å². The first kappa shape index (κ1) is 11.7. The average Bonchev–Trinajstić information content (AvgIpc) is 2.59. The van der Waals surface area contributed by atoms with Gasteiger partial charge in [-0.25, -0.2) is 0 Å². The second-order valence-corrected chi connectivity index (χ2v) is 5.02. The first-order valence-corrected chi connectivity index (χ1v) is 7.10. The molecular weight excluding hydrogens is 202 g/mol. The summed E-state index contributed by atoms with van der Waals surface area (Å²) in [6.45, 7) is 2.58. The molecule has 1 fully saturated rings. The first-order valence-electron chi connectivity index (χ1n) is 5.17. The zero-order valence-electron chi connectivity index (χ0n) is 8.47. The Balaban J connectivity index is 2.18. The summed E-state index contributed by atoms with van der Waals surface area (Å²) >= 11 is 7.66. The van der Waals surface area contributed by atoms with Crippen LogP contribution < -0.4 is 0 Å². The second kappa shape index (κ2) is 6.97. The van der Waals surface area contributed by atoms with Gasteiger partial charge >= 0.3 is 0 Å². The lowest BCUT2D eigenvalue weighted by Gasteiger charge is -2.23. The lowest BCUT2D eigenvalue weighted by Crippen LogP contribution is -2.31. The van der Waals surface area contributed by atoms with Gasteiger partial charge in [0.05, 0.1) is 0 Å². The van der Waals surface area contributed by atoms with Crippen LogP contribution in [0.25, 0.3) is 0 Å². The van der Waals surface area contributed by atoms with E-state index in [1.807, 2.05) is 11.8 Å². The van der Waals surface area contributed by atoms with Crippen molar-refractivity contribution in [1.82, 2.24) is 4.90 Å². The highest BCUT2D eigenvalue weighted by atomic mass is 35.5. The Labute approximate surface area is 91.2 Å². The summed E-state index contributed by atoms with van der Waals surface area (Å²) in [5.74, 6) is 2.10. The molecule has 1 atom stereocenters. The van der Waals surface area contributed by atoms with E-state index in [2.05, 4.69) is 11.2 Å². The Kier molecular flexibility index (Phi) is 6.26. The molecule has 0 bridgehead atoms. The molecule has 0 radical (unpaired) electrons. The third-order valence-electron chi connectivity index (χ3n) is 2.75. The van der Waals surface area contributed by atoms with E-state index in [9.17, 15) is 0 Å². The van der Waals surface area contributed by atoms with Crippen molar-refractivity contribution >= 4 is 23.4 Å². The summed E-state index contributed by atoms with van der Waals surface area (Å²) in [6, 6.07) is 0.839. The van der Waals surface area contributed by atoms with Gasteiger partial charge in [0.2, 0.25) is 0 Å². The summed E-state index contributed by atoms with van der Waals surface area (Å²) in [7, 11) is 0. The van der Waals surface area contributed by atoms with E-state index in [0.29, 0.717) is 0 Å². The average molecular weight is 222 g/mol. The third kappa shape index (κ3) is 4.09.